The molecular formula is C22H17N3O3. The van der Waals surface area contributed by atoms with E-state index >= 15 is 0 Å². The van der Waals surface area contributed by atoms with Gasteiger partial charge < -0.3 is 15.0 Å². The number of carbonyl (C=O) groups excluding carboxylic acids is 1. The van der Waals surface area contributed by atoms with E-state index in [0.717, 1.165) is 11.3 Å². The lowest BCUT2D eigenvalue weighted by Crippen LogP contribution is -2.20. The fourth-order valence-electron chi connectivity index (χ4n) is 2.80. The van der Waals surface area contributed by atoms with Crippen LogP contribution in [0, 0.1) is 0 Å². The van der Waals surface area contributed by atoms with Gasteiger partial charge in [0.2, 0.25) is 0 Å². The summed E-state index contributed by atoms with van der Waals surface area (Å²) in [5.41, 5.74) is 1.93. The van der Waals surface area contributed by atoms with Crippen LogP contribution >= 0.6 is 0 Å². The van der Waals surface area contributed by atoms with Crippen molar-refractivity contribution < 1.29 is 9.53 Å². The smallest absolute Gasteiger partial charge is 0.262 e. The average Bonchev–Trinajstić information content (AvgIpc) is 2.73. The Kier molecular flexibility index (Phi) is 4.84. The fourth-order valence-corrected chi connectivity index (χ4v) is 2.80. The number of hydrogen-bond acceptors (Lipinski definition) is 4. The summed E-state index contributed by atoms with van der Waals surface area (Å²) in [6.45, 7) is -0.0979. The zero-order valence-electron chi connectivity index (χ0n) is 14.9. The summed E-state index contributed by atoms with van der Waals surface area (Å²) in [5.74, 6) is 0.794. The SMILES string of the molecule is O=C(COc1ccc(-c2nc3ccccc3c(=O)[nH]2)cc1)Nc1ccccc1. The summed E-state index contributed by atoms with van der Waals surface area (Å²) in [5, 5.41) is 3.31. The first-order valence-corrected chi connectivity index (χ1v) is 8.76. The largest absolute Gasteiger partial charge is 0.484 e. The number of fused-ring (bicyclic) bond motifs is 1. The summed E-state index contributed by atoms with van der Waals surface area (Å²) in [7, 11) is 0. The van der Waals surface area contributed by atoms with Crippen molar-refractivity contribution in [2.24, 2.45) is 0 Å². The molecule has 0 radical (unpaired) electrons. The zero-order chi connectivity index (χ0) is 19.3. The standard InChI is InChI=1S/C22H17N3O3/c26-20(23-16-6-2-1-3-7-16)14-28-17-12-10-15(11-13-17)21-24-19-9-5-4-8-18(19)22(27)25-21/h1-13H,14H2,(H,23,26)(H,24,25,27). The Morgan fingerprint density at radius 2 is 1.64 bits per heavy atom. The third-order valence-electron chi connectivity index (χ3n) is 4.17. The van der Waals surface area contributed by atoms with Gasteiger partial charge in [-0.25, -0.2) is 4.98 Å². The van der Waals surface area contributed by atoms with Gasteiger partial charge in [-0.3, -0.25) is 9.59 Å². The highest BCUT2D eigenvalue weighted by Gasteiger charge is 2.07. The number of aromatic amines is 1. The second kappa shape index (κ2) is 7.75. The minimum atomic E-state index is -0.240. The second-order valence-corrected chi connectivity index (χ2v) is 6.16. The molecular weight excluding hydrogens is 354 g/mol. The van der Waals surface area contributed by atoms with E-state index in [0.29, 0.717) is 22.5 Å². The van der Waals surface area contributed by atoms with Crippen LogP contribution in [0.5, 0.6) is 5.75 Å². The maximum Gasteiger partial charge on any atom is 0.262 e. The fraction of sp³-hybridized carbons (Fsp3) is 0.0455. The summed E-state index contributed by atoms with van der Waals surface area (Å²) in [6, 6.07) is 23.4. The molecule has 138 valence electrons. The maximum atomic E-state index is 12.2. The Bertz CT molecular complexity index is 1170. The maximum absolute atomic E-state index is 12.2. The highest BCUT2D eigenvalue weighted by molar-refractivity contribution is 5.91. The van der Waals surface area contributed by atoms with Gasteiger partial charge in [-0.05, 0) is 48.5 Å². The zero-order valence-corrected chi connectivity index (χ0v) is 14.9. The summed E-state index contributed by atoms with van der Waals surface area (Å²) in [6.07, 6.45) is 0. The molecule has 0 spiro atoms. The van der Waals surface area contributed by atoms with E-state index in [9.17, 15) is 9.59 Å². The lowest BCUT2D eigenvalue weighted by Gasteiger charge is -2.08. The molecule has 6 nitrogen and oxygen atoms in total. The van der Waals surface area contributed by atoms with Gasteiger partial charge in [0.05, 0.1) is 10.9 Å². The van der Waals surface area contributed by atoms with Crippen molar-refractivity contribution in [2.45, 2.75) is 0 Å². The lowest BCUT2D eigenvalue weighted by atomic mass is 10.2. The van der Waals surface area contributed by atoms with Crippen LogP contribution < -0.4 is 15.6 Å². The van der Waals surface area contributed by atoms with Crippen molar-refractivity contribution in [2.75, 3.05) is 11.9 Å². The number of nitrogens with zero attached hydrogens (tertiary/aromatic N) is 1. The van der Waals surface area contributed by atoms with Gasteiger partial charge in [0.25, 0.3) is 11.5 Å². The highest BCUT2D eigenvalue weighted by atomic mass is 16.5. The van der Waals surface area contributed by atoms with Gasteiger partial charge in [0.1, 0.15) is 11.6 Å². The second-order valence-electron chi connectivity index (χ2n) is 6.16. The highest BCUT2D eigenvalue weighted by Crippen LogP contribution is 2.20. The molecule has 0 bridgehead atoms. The first-order chi connectivity index (χ1) is 13.7. The van der Waals surface area contributed by atoms with Crippen LogP contribution in [0.4, 0.5) is 5.69 Å². The number of H-pyrrole nitrogens is 1. The molecule has 6 heteroatoms. The van der Waals surface area contributed by atoms with E-state index in [4.69, 9.17) is 4.74 Å². The monoisotopic (exact) mass is 371 g/mol. The van der Waals surface area contributed by atoms with Crippen molar-refractivity contribution >= 4 is 22.5 Å². The molecule has 0 saturated heterocycles. The van der Waals surface area contributed by atoms with E-state index in [-0.39, 0.29) is 18.1 Å². The summed E-state index contributed by atoms with van der Waals surface area (Å²) < 4.78 is 5.52. The van der Waals surface area contributed by atoms with Gasteiger partial charge in [-0.1, -0.05) is 30.3 Å². The third kappa shape index (κ3) is 3.91. The van der Waals surface area contributed by atoms with Crippen LogP contribution in [-0.4, -0.2) is 22.5 Å². The number of aromatic nitrogens is 2. The molecule has 4 rings (SSSR count). The number of para-hydroxylation sites is 2. The van der Waals surface area contributed by atoms with Gasteiger partial charge in [0.15, 0.2) is 6.61 Å². The molecule has 0 aliphatic rings. The Hall–Kier alpha value is -3.93. The number of hydrogen-bond donors (Lipinski definition) is 2. The van der Waals surface area contributed by atoms with Crippen molar-refractivity contribution in [1.82, 2.24) is 9.97 Å². The number of amides is 1. The van der Waals surface area contributed by atoms with E-state index in [1.165, 1.54) is 0 Å². The van der Waals surface area contributed by atoms with Crippen molar-refractivity contribution in [3.05, 3.63) is 89.2 Å². The van der Waals surface area contributed by atoms with Gasteiger partial charge in [0, 0.05) is 11.3 Å². The predicted molar refractivity (Wildman–Crippen MR) is 108 cm³/mol. The third-order valence-corrected chi connectivity index (χ3v) is 4.17. The number of nitrogens with one attached hydrogen (secondary N) is 2. The predicted octanol–water partition coefficient (Wildman–Crippen LogP) is 3.61. The van der Waals surface area contributed by atoms with Crippen LogP contribution in [0.1, 0.15) is 0 Å². The van der Waals surface area contributed by atoms with Crippen LogP contribution in [0.15, 0.2) is 83.7 Å². The Labute approximate surface area is 160 Å². The number of carbonyl (C=O) groups is 1. The first kappa shape index (κ1) is 17.5. The summed E-state index contributed by atoms with van der Waals surface area (Å²) >= 11 is 0. The van der Waals surface area contributed by atoms with E-state index in [1.54, 1.807) is 42.5 Å². The first-order valence-electron chi connectivity index (χ1n) is 8.76. The minimum Gasteiger partial charge on any atom is -0.484 e. The Balaban J connectivity index is 1.44. The molecule has 0 atom stereocenters. The molecule has 3 aromatic carbocycles. The molecule has 1 amide bonds. The Morgan fingerprint density at radius 3 is 2.43 bits per heavy atom. The molecule has 2 N–H and O–H groups in total. The van der Waals surface area contributed by atoms with Crippen LogP contribution in [0.3, 0.4) is 0 Å². The molecule has 0 aliphatic heterocycles. The normalized spacial score (nSPS) is 10.6. The van der Waals surface area contributed by atoms with Crippen LogP contribution in [0.2, 0.25) is 0 Å². The number of ether oxygens (including phenoxy) is 1. The molecule has 0 saturated carbocycles. The molecule has 0 fully saturated rings. The number of benzene rings is 3. The molecule has 4 aromatic rings. The van der Waals surface area contributed by atoms with E-state index < -0.39 is 0 Å². The molecule has 0 unspecified atom stereocenters. The van der Waals surface area contributed by atoms with E-state index in [1.807, 2.05) is 36.4 Å². The van der Waals surface area contributed by atoms with Gasteiger partial charge >= 0.3 is 0 Å². The summed E-state index contributed by atoms with van der Waals surface area (Å²) in [4.78, 5) is 31.4. The minimum absolute atomic E-state index is 0.0979. The molecule has 28 heavy (non-hydrogen) atoms. The molecule has 0 aliphatic carbocycles. The lowest BCUT2D eigenvalue weighted by molar-refractivity contribution is -0.118. The van der Waals surface area contributed by atoms with Gasteiger partial charge in [-0.15, -0.1) is 0 Å². The van der Waals surface area contributed by atoms with Crippen LogP contribution in [0.25, 0.3) is 22.3 Å². The average molecular weight is 371 g/mol. The van der Waals surface area contributed by atoms with Crippen molar-refractivity contribution in [1.29, 1.82) is 0 Å². The topological polar surface area (TPSA) is 84.1 Å². The number of anilines is 1. The molecule has 1 aromatic heterocycles. The van der Waals surface area contributed by atoms with Crippen molar-refractivity contribution in [3.63, 3.8) is 0 Å². The molecule has 1 heterocycles. The Morgan fingerprint density at radius 1 is 0.929 bits per heavy atom. The van der Waals surface area contributed by atoms with Gasteiger partial charge in [-0.2, -0.15) is 0 Å². The van der Waals surface area contributed by atoms with E-state index in [2.05, 4.69) is 15.3 Å². The van der Waals surface area contributed by atoms with Crippen LogP contribution in [-0.2, 0) is 4.79 Å². The quantitative estimate of drug-likeness (QED) is 0.561. The number of rotatable bonds is 5. The van der Waals surface area contributed by atoms with Crippen molar-refractivity contribution in [3.8, 4) is 17.1 Å².